The van der Waals surface area contributed by atoms with E-state index in [0.717, 1.165) is 39.3 Å². The number of halogens is 1. The SMILES string of the molecule is CCN(CC)C(=O)[C@@H](C)N1CCN(c2ccccc2F)CC1. The maximum absolute atomic E-state index is 13.8. The van der Waals surface area contributed by atoms with Crippen LogP contribution in [0.15, 0.2) is 24.3 Å². The van der Waals surface area contributed by atoms with E-state index in [1.165, 1.54) is 6.07 Å². The van der Waals surface area contributed by atoms with E-state index >= 15 is 0 Å². The van der Waals surface area contributed by atoms with Gasteiger partial charge in [0.1, 0.15) is 5.82 Å². The van der Waals surface area contributed by atoms with Crippen molar-refractivity contribution in [1.82, 2.24) is 9.80 Å². The molecule has 0 aliphatic carbocycles. The van der Waals surface area contributed by atoms with Crippen LogP contribution < -0.4 is 4.90 Å². The summed E-state index contributed by atoms with van der Waals surface area (Å²) < 4.78 is 13.8. The first-order valence-corrected chi connectivity index (χ1v) is 8.10. The average molecular weight is 307 g/mol. The van der Waals surface area contributed by atoms with Crippen LogP contribution in [0.1, 0.15) is 20.8 Å². The zero-order valence-electron chi connectivity index (χ0n) is 13.8. The third kappa shape index (κ3) is 3.58. The van der Waals surface area contributed by atoms with Gasteiger partial charge in [0, 0.05) is 39.3 Å². The Kier molecular flexibility index (Phi) is 5.77. The Morgan fingerprint density at radius 1 is 1.18 bits per heavy atom. The topological polar surface area (TPSA) is 26.8 Å². The highest BCUT2D eigenvalue weighted by molar-refractivity contribution is 5.81. The van der Waals surface area contributed by atoms with Crippen molar-refractivity contribution < 1.29 is 9.18 Å². The first kappa shape index (κ1) is 16.7. The minimum Gasteiger partial charge on any atom is -0.367 e. The molecule has 0 bridgehead atoms. The van der Waals surface area contributed by atoms with Crippen molar-refractivity contribution in [3.63, 3.8) is 0 Å². The highest BCUT2D eigenvalue weighted by Crippen LogP contribution is 2.21. The van der Waals surface area contributed by atoms with Gasteiger partial charge in [0.2, 0.25) is 5.91 Å². The Morgan fingerprint density at radius 2 is 1.77 bits per heavy atom. The molecule has 1 heterocycles. The number of likely N-dealkylation sites (N-methyl/N-ethyl adjacent to an activating group) is 1. The van der Waals surface area contributed by atoms with Crippen molar-refractivity contribution in [2.24, 2.45) is 0 Å². The Hall–Kier alpha value is -1.62. The molecule has 0 spiro atoms. The van der Waals surface area contributed by atoms with Gasteiger partial charge in [0.05, 0.1) is 11.7 Å². The Morgan fingerprint density at radius 3 is 2.32 bits per heavy atom. The summed E-state index contributed by atoms with van der Waals surface area (Å²) in [5.41, 5.74) is 0.657. The second-order valence-electron chi connectivity index (χ2n) is 5.66. The van der Waals surface area contributed by atoms with E-state index in [1.54, 1.807) is 6.07 Å². The fraction of sp³-hybridized carbons (Fsp3) is 0.588. The van der Waals surface area contributed by atoms with Crippen LogP contribution in [0, 0.1) is 5.82 Å². The molecule has 1 aromatic rings. The monoisotopic (exact) mass is 307 g/mol. The van der Waals surface area contributed by atoms with E-state index in [1.807, 2.05) is 37.8 Å². The number of amides is 1. The summed E-state index contributed by atoms with van der Waals surface area (Å²) in [6.07, 6.45) is 0. The summed E-state index contributed by atoms with van der Waals surface area (Å²) >= 11 is 0. The first-order valence-electron chi connectivity index (χ1n) is 8.10. The van der Waals surface area contributed by atoms with Crippen LogP contribution in [0.4, 0.5) is 10.1 Å². The average Bonchev–Trinajstić information content (AvgIpc) is 2.56. The van der Waals surface area contributed by atoms with Crippen LogP contribution >= 0.6 is 0 Å². The zero-order valence-corrected chi connectivity index (χ0v) is 13.8. The predicted molar refractivity (Wildman–Crippen MR) is 87.6 cm³/mol. The van der Waals surface area contributed by atoms with E-state index in [9.17, 15) is 9.18 Å². The van der Waals surface area contributed by atoms with Crippen LogP contribution in [-0.2, 0) is 4.79 Å². The largest absolute Gasteiger partial charge is 0.367 e. The molecule has 0 saturated carbocycles. The van der Waals surface area contributed by atoms with Crippen molar-refractivity contribution in [3.05, 3.63) is 30.1 Å². The van der Waals surface area contributed by atoms with Crippen molar-refractivity contribution in [3.8, 4) is 0 Å². The smallest absolute Gasteiger partial charge is 0.239 e. The summed E-state index contributed by atoms with van der Waals surface area (Å²) in [6.45, 7) is 10.5. The normalized spacial score (nSPS) is 17.4. The van der Waals surface area contributed by atoms with Gasteiger partial charge in [-0.25, -0.2) is 4.39 Å². The molecular formula is C17H26FN3O. The minimum atomic E-state index is -0.178. The van der Waals surface area contributed by atoms with E-state index < -0.39 is 0 Å². The number of piperazine rings is 1. The van der Waals surface area contributed by atoms with Crippen LogP contribution in [0.2, 0.25) is 0 Å². The molecule has 1 aliphatic heterocycles. The molecule has 1 aliphatic rings. The number of para-hydroxylation sites is 1. The molecule has 22 heavy (non-hydrogen) atoms. The molecule has 1 amide bonds. The molecular weight excluding hydrogens is 281 g/mol. The maximum Gasteiger partial charge on any atom is 0.239 e. The van der Waals surface area contributed by atoms with Gasteiger partial charge in [-0.2, -0.15) is 0 Å². The number of hydrogen-bond donors (Lipinski definition) is 0. The molecule has 0 unspecified atom stereocenters. The van der Waals surface area contributed by atoms with Gasteiger partial charge in [-0.05, 0) is 32.9 Å². The molecule has 1 aromatic carbocycles. The molecule has 122 valence electrons. The summed E-state index contributed by atoms with van der Waals surface area (Å²) in [7, 11) is 0. The van der Waals surface area contributed by atoms with Crippen molar-refractivity contribution >= 4 is 11.6 Å². The number of nitrogens with zero attached hydrogens (tertiary/aromatic N) is 3. The number of rotatable bonds is 5. The van der Waals surface area contributed by atoms with Crippen LogP contribution in [0.3, 0.4) is 0 Å². The van der Waals surface area contributed by atoms with Gasteiger partial charge in [-0.15, -0.1) is 0 Å². The lowest BCUT2D eigenvalue weighted by Gasteiger charge is -2.39. The van der Waals surface area contributed by atoms with Gasteiger partial charge >= 0.3 is 0 Å². The van der Waals surface area contributed by atoms with Crippen LogP contribution in [-0.4, -0.2) is 61.0 Å². The Labute approximate surface area is 132 Å². The van der Waals surface area contributed by atoms with Crippen molar-refractivity contribution in [1.29, 1.82) is 0 Å². The van der Waals surface area contributed by atoms with Crippen LogP contribution in [0.5, 0.6) is 0 Å². The van der Waals surface area contributed by atoms with E-state index in [2.05, 4.69) is 9.80 Å². The first-order chi connectivity index (χ1) is 10.6. The summed E-state index contributed by atoms with van der Waals surface area (Å²) in [6, 6.07) is 6.77. The number of hydrogen-bond acceptors (Lipinski definition) is 3. The molecule has 1 atom stereocenters. The molecule has 1 fully saturated rings. The van der Waals surface area contributed by atoms with Gasteiger partial charge in [-0.1, -0.05) is 12.1 Å². The Balaban J connectivity index is 1.94. The number of carbonyl (C=O) groups excluding carboxylic acids is 1. The Bertz CT molecular complexity index is 496. The summed E-state index contributed by atoms with van der Waals surface area (Å²) in [5.74, 6) is 0.00700. The van der Waals surface area contributed by atoms with E-state index in [4.69, 9.17) is 0 Å². The summed E-state index contributed by atoms with van der Waals surface area (Å²) in [4.78, 5) is 18.5. The maximum atomic E-state index is 13.8. The third-order valence-corrected chi connectivity index (χ3v) is 4.49. The molecule has 5 heteroatoms. The van der Waals surface area contributed by atoms with Gasteiger partial charge < -0.3 is 9.80 Å². The third-order valence-electron chi connectivity index (χ3n) is 4.49. The van der Waals surface area contributed by atoms with Gasteiger partial charge in [0.25, 0.3) is 0 Å². The lowest BCUT2D eigenvalue weighted by Crippen LogP contribution is -2.54. The lowest BCUT2D eigenvalue weighted by atomic mass is 10.2. The number of benzene rings is 1. The van der Waals surface area contributed by atoms with Crippen LogP contribution in [0.25, 0.3) is 0 Å². The quantitative estimate of drug-likeness (QED) is 0.834. The van der Waals surface area contributed by atoms with Gasteiger partial charge in [0.15, 0.2) is 0 Å². The number of carbonyl (C=O) groups is 1. The predicted octanol–water partition coefficient (Wildman–Crippen LogP) is 2.20. The number of anilines is 1. The van der Waals surface area contributed by atoms with Gasteiger partial charge in [-0.3, -0.25) is 9.69 Å². The summed E-state index contributed by atoms with van der Waals surface area (Å²) in [5, 5.41) is 0. The zero-order chi connectivity index (χ0) is 16.1. The minimum absolute atomic E-state index is 0.109. The van der Waals surface area contributed by atoms with E-state index in [0.29, 0.717) is 5.69 Å². The highest BCUT2D eigenvalue weighted by atomic mass is 19.1. The fourth-order valence-electron chi connectivity index (χ4n) is 3.01. The molecule has 2 rings (SSSR count). The van der Waals surface area contributed by atoms with Crippen molar-refractivity contribution in [2.45, 2.75) is 26.8 Å². The molecule has 4 nitrogen and oxygen atoms in total. The standard InChI is InChI=1S/C17H26FN3O/c1-4-19(5-2)17(22)14(3)20-10-12-21(13-11-20)16-9-7-6-8-15(16)18/h6-9,14H,4-5,10-13H2,1-3H3/t14-/m1/s1. The highest BCUT2D eigenvalue weighted by Gasteiger charge is 2.28. The molecule has 0 N–H and O–H groups in total. The lowest BCUT2D eigenvalue weighted by molar-refractivity contribution is -0.136. The molecule has 0 radical (unpaired) electrons. The molecule has 0 aromatic heterocycles. The molecule has 1 saturated heterocycles. The second kappa shape index (κ2) is 7.58. The fourth-order valence-corrected chi connectivity index (χ4v) is 3.01. The second-order valence-corrected chi connectivity index (χ2v) is 5.66. The van der Waals surface area contributed by atoms with Crippen molar-refractivity contribution in [2.75, 3.05) is 44.2 Å². The van der Waals surface area contributed by atoms with E-state index in [-0.39, 0.29) is 17.8 Å².